The number of Topliss-reactive ketones (excluding diaryl/α,β-unsaturated/α-hetero) is 1. The van der Waals surface area contributed by atoms with Crippen molar-refractivity contribution in [3.63, 3.8) is 0 Å². The zero-order valence-corrected chi connectivity index (χ0v) is 12.5. The molecular weight excluding hydrogens is 276 g/mol. The molecule has 0 radical (unpaired) electrons. The summed E-state index contributed by atoms with van der Waals surface area (Å²) in [7, 11) is -1.49. The third-order valence-electron chi connectivity index (χ3n) is 3.24. The molecule has 0 aromatic heterocycles. The Morgan fingerprint density at radius 1 is 1.30 bits per heavy atom. The number of rotatable bonds is 3. The minimum atomic E-state index is -3.32. The van der Waals surface area contributed by atoms with Gasteiger partial charge in [0.25, 0.3) is 0 Å². The van der Waals surface area contributed by atoms with Crippen molar-refractivity contribution in [2.24, 2.45) is 5.92 Å². The molecule has 0 bridgehead atoms. The van der Waals surface area contributed by atoms with Gasteiger partial charge in [-0.15, -0.1) is 0 Å². The topological polar surface area (TPSA) is 66.5 Å². The molecule has 1 aromatic carbocycles. The number of hydrogen-bond donors (Lipinski definition) is 1. The molecule has 0 aliphatic carbocycles. The average Bonchev–Trinajstić information content (AvgIpc) is 2.33. The van der Waals surface area contributed by atoms with E-state index >= 15 is 0 Å². The molecule has 1 aromatic rings. The summed E-state index contributed by atoms with van der Waals surface area (Å²) in [6.45, 7) is 1.86. The number of sulfonamides is 1. The molecule has 6 heteroatoms. The van der Waals surface area contributed by atoms with Crippen LogP contribution in [0.3, 0.4) is 0 Å². The van der Waals surface area contributed by atoms with Crippen molar-refractivity contribution in [3.05, 3.63) is 42.1 Å². The molecule has 108 valence electrons. The van der Waals surface area contributed by atoms with E-state index in [9.17, 15) is 13.2 Å². The monoisotopic (exact) mass is 294 g/mol. The van der Waals surface area contributed by atoms with Crippen molar-refractivity contribution in [3.8, 4) is 0 Å². The third kappa shape index (κ3) is 3.19. The van der Waals surface area contributed by atoms with Crippen LogP contribution in [0.5, 0.6) is 0 Å². The van der Waals surface area contributed by atoms with E-state index in [1.165, 1.54) is 0 Å². The molecule has 1 N–H and O–H groups in total. The number of hydrogen-bond acceptors (Lipinski definition) is 4. The molecule has 1 aliphatic heterocycles. The Kier molecular flexibility index (Phi) is 3.85. The van der Waals surface area contributed by atoms with Crippen molar-refractivity contribution in [1.82, 2.24) is 4.90 Å². The highest BCUT2D eigenvalue weighted by Gasteiger charge is 2.29. The molecule has 2 rings (SSSR count). The van der Waals surface area contributed by atoms with Crippen LogP contribution in [0, 0.1) is 5.92 Å². The minimum absolute atomic E-state index is 0.103. The van der Waals surface area contributed by atoms with Crippen LogP contribution in [0.15, 0.2) is 36.5 Å². The van der Waals surface area contributed by atoms with Gasteiger partial charge < -0.3 is 4.90 Å². The summed E-state index contributed by atoms with van der Waals surface area (Å²) in [6.07, 6.45) is 4.84. The number of ketones is 1. The summed E-state index contributed by atoms with van der Waals surface area (Å²) in [5.41, 5.74) is 1.25. The predicted molar refractivity (Wildman–Crippen MR) is 78.7 cm³/mol. The second-order valence-corrected chi connectivity index (χ2v) is 6.85. The highest BCUT2D eigenvalue weighted by atomic mass is 32.2. The van der Waals surface area contributed by atoms with Crippen LogP contribution in [-0.4, -0.2) is 32.4 Å². The van der Waals surface area contributed by atoms with Gasteiger partial charge in [0.2, 0.25) is 10.0 Å². The second-order valence-electron chi connectivity index (χ2n) is 5.10. The molecule has 0 amide bonds. The standard InChI is InChI=1S/C14H18N2O3S/c1-10-7-8-16(2)13(14(10)17)11-5-4-6-12(9-11)15-20(3,18)19/h4-10,13,15H,1-3H3. The lowest BCUT2D eigenvalue weighted by atomic mass is 9.90. The van der Waals surface area contributed by atoms with Gasteiger partial charge in [0.1, 0.15) is 6.04 Å². The van der Waals surface area contributed by atoms with Gasteiger partial charge in [0.15, 0.2) is 5.78 Å². The summed E-state index contributed by atoms with van der Waals surface area (Å²) >= 11 is 0. The van der Waals surface area contributed by atoms with Gasteiger partial charge in [-0.1, -0.05) is 25.1 Å². The number of carbonyl (C=O) groups is 1. The zero-order valence-electron chi connectivity index (χ0n) is 11.7. The summed E-state index contributed by atoms with van der Waals surface area (Å²) in [5, 5.41) is 0. The molecule has 0 fully saturated rings. The molecule has 5 nitrogen and oxygen atoms in total. The molecule has 0 spiro atoms. The quantitative estimate of drug-likeness (QED) is 0.922. The summed E-state index contributed by atoms with van der Waals surface area (Å²) in [4.78, 5) is 14.1. The Labute approximate surface area is 119 Å². The van der Waals surface area contributed by atoms with Gasteiger partial charge >= 0.3 is 0 Å². The summed E-state index contributed by atoms with van der Waals surface area (Å²) < 4.78 is 25.0. The van der Waals surface area contributed by atoms with E-state index in [1.807, 2.05) is 37.2 Å². The van der Waals surface area contributed by atoms with E-state index in [2.05, 4.69) is 4.72 Å². The highest BCUT2D eigenvalue weighted by molar-refractivity contribution is 7.92. The van der Waals surface area contributed by atoms with Crippen LogP contribution in [0.25, 0.3) is 0 Å². The fraction of sp³-hybridized carbons (Fsp3) is 0.357. The maximum atomic E-state index is 12.3. The maximum Gasteiger partial charge on any atom is 0.229 e. The smallest absolute Gasteiger partial charge is 0.229 e. The minimum Gasteiger partial charge on any atom is -0.367 e. The van der Waals surface area contributed by atoms with Crippen molar-refractivity contribution in [2.75, 3.05) is 18.0 Å². The van der Waals surface area contributed by atoms with Crippen LogP contribution in [0.4, 0.5) is 5.69 Å². The lowest BCUT2D eigenvalue weighted by Crippen LogP contribution is -2.33. The average molecular weight is 294 g/mol. The maximum absolute atomic E-state index is 12.3. The first-order valence-corrected chi connectivity index (χ1v) is 8.19. The molecule has 1 heterocycles. The lowest BCUT2D eigenvalue weighted by Gasteiger charge is -2.31. The van der Waals surface area contributed by atoms with E-state index in [4.69, 9.17) is 0 Å². The number of carbonyl (C=O) groups excluding carboxylic acids is 1. The molecule has 0 saturated carbocycles. The Morgan fingerprint density at radius 3 is 2.65 bits per heavy atom. The zero-order chi connectivity index (χ0) is 14.9. The van der Waals surface area contributed by atoms with Crippen LogP contribution < -0.4 is 4.72 Å². The molecule has 2 atom stereocenters. The number of benzene rings is 1. The fourth-order valence-corrected chi connectivity index (χ4v) is 2.84. The first-order chi connectivity index (χ1) is 9.28. The number of allylic oxidation sites excluding steroid dienone is 1. The predicted octanol–water partition coefficient (Wildman–Crippen LogP) is 1.76. The van der Waals surface area contributed by atoms with Crippen LogP contribution in [0.2, 0.25) is 0 Å². The van der Waals surface area contributed by atoms with Crippen LogP contribution >= 0.6 is 0 Å². The van der Waals surface area contributed by atoms with Crippen molar-refractivity contribution in [1.29, 1.82) is 0 Å². The van der Waals surface area contributed by atoms with Crippen molar-refractivity contribution < 1.29 is 13.2 Å². The Morgan fingerprint density at radius 2 is 2.00 bits per heavy atom. The number of likely N-dealkylation sites (N-methyl/N-ethyl adjacent to an activating group) is 1. The molecule has 0 saturated heterocycles. The number of anilines is 1. The van der Waals surface area contributed by atoms with Crippen LogP contribution in [0.1, 0.15) is 18.5 Å². The Bertz CT molecular complexity index is 652. The fourth-order valence-electron chi connectivity index (χ4n) is 2.28. The van der Waals surface area contributed by atoms with Gasteiger partial charge in [0.05, 0.1) is 6.26 Å². The Hall–Kier alpha value is -1.82. The molecule has 20 heavy (non-hydrogen) atoms. The van der Waals surface area contributed by atoms with E-state index in [-0.39, 0.29) is 17.7 Å². The molecule has 2 unspecified atom stereocenters. The van der Waals surface area contributed by atoms with Crippen LogP contribution in [-0.2, 0) is 14.8 Å². The van der Waals surface area contributed by atoms with E-state index in [1.54, 1.807) is 18.2 Å². The van der Waals surface area contributed by atoms with Crippen molar-refractivity contribution in [2.45, 2.75) is 13.0 Å². The van der Waals surface area contributed by atoms with Gasteiger partial charge in [-0.2, -0.15) is 0 Å². The largest absolute Gasteiger partial charge is 0.367 e. The summed E-state index contributed by atoms with van der Waals surface area (Å²) in [6, 6.07) is 6.56. The lowest BCUT2D eigenvalue weighted by molar-refractivity contribution is -0.126. The first kappa shape index (κ1) is 14.6. The van der Waals surface area contributed by atoms with E-state index in [0.29, 0.717) is 5.69 Å². The number of nitrogens with zero attached hydrogens (tertiary/aromatic N) is 1. The van der Waals surface area contributed by atoms with Gasteiger partial charge in [-0.05, 0) is 23.9 Å². The van der Waals surface area contributed by atoms with E-state index < -0.39 is 10.0 Å². The Balaban J connectivity index is 2.36. The summed E-state index contributed by atoms with van der Waals surface area (Å²) in [5.74, 6) is -0.0331. The first-order valence-electron chi connectivity index (χ1n) is 6.29. The normalized spacial score (nSPS) is 22.9. The number of nitrogens with one attached hydrogen (secondary N) is 1. The molecular formula is C14H18N2O3S. The van der Waals surface area contributed by atoms with Crippen molar-refractivity contribution >= 4 is 21.5 Å². The molecule has 1 aliphatic rings. The third-order valence-corrected chi connectivity index (χ3v) is 3.85. The van der Waals surface area contributed by atoms with Gasteiger partial charge in [-0.3, -0.25) is 9.52 Å². The second kappa shape index (κ2) is 5.28. The highest BCUT2D eigenvalue weighted by Crippen LogP contribution is 2.29. The SMILES string of the molecule is CC1C=CN(C)C(c2cccc(NS(C)(=O)=O)c2)C1=O. The van der Waals surface area contributed by atoms with Gasteiger partial charge in [-0.25, -0.2) is 8.42 Å². The van der Waals surface area contributed by atoms with E-state index in [0.717, 1.165) is 11.8 Å². The van der Waals surface area contributed by atoms with Gasteiger partial charge in [0, 0.05) is 18.7 Å².